The van der Waals surface area contributed by atoms with Gasteiger partial charge in [-0.15, -0.1) is 11.3 Å². The van der Waals surface area contributed by atoms with Gasteiger partial charge in [-0.2, -0.15) is 0 Å². The Balaban J connectivity index is 2.36. The van der Waals surface area contributed by atoms with Gasteiger partial charge in [0.1, 0.15) is 4.88 Å². The molecule has 1 atom stereocenters. The normalized spacial score (nSPS) is 19.4. The van der Waals surface area contributed by atoms with Gasteiger partial charge in [-0.25, -0.2) is 4.79 Å². The van der Waals surface area contributed by atoms with Crippen LogP contribution in [0.15, 0.2) is 5.38 Å². The molecular weight excluding hydrogens is 254 g/mol. The van der Waals surface area contributed by atoms with Crippen molar-refractivity contribution in [3.63, 3.8) is 0 Å². The molecular formula is C12H15NO4S. The average molecular weight is 269 g/mol. The molecule has 0 aromatic carbocycles. The maximum absolute atomic E-state index is 11.9. The predicted molar refractivity (Wildman–Crippen MR) is 67.9 cm³/mol. The van der Waals surface area contributed by atoms with Gasteiger partial charge in [-0.05, 0) is 17.9 Å². The van der Waals surface area contributed by atoms with Crippen LogP contribution in [0.5, 0.6) is 0 Å². The summed E-state index contributed by atoms with van der Waals surface area (Å²) in [5.41, 5.74) is 1.51. The fourth-order valence-corrected chi connectivity index (χ4v) is 3.10. The number of hydrogen-bond acceptors (Lipinski definition) is 5. The number of carbonyl (C=O) groups excluding carboxylic acids is 2. The molecule has 1 saturated heterocycles. The fourth-order valence-electron chi connectivity index (χ4n) is 2.13. The molecule has 1 unspecified atom stereocenters. The van der Waals surface area contributed by atoms with Gasteiger partial charge in [0.2, 0.25) is 5.91 Å². The van der Waals surface area contributed by atoms with E-state index in [0.717, 1.165) is 5.56 Å². The first kappa shape index (κ1) is 13.0. The first-order valence-electron chi connectivity index (χ1n) is 5.66. The van der Waals surface area contributed by atoms with Crippen molar-refractivity contribution < 1.29 is 19.4 Å². The van der Waals surface area contributed by atoms with Crippen molar-refractivity contribution in [3.05, 3.63) is 15.8 Å². The maximum Gasteiger partial charge on any atom is 0.350 e. The van der Waals surface area contributed by atoms with E-state index in [1.165, 1.54) is 18.4 Å². The lowest BCUT2D eigenvalue weighted by molar-refractivity contribution is -0.117. The molecule has 1 N–H and O–H groups in total. The van der Waals surface area contributed by atoms with Gasteiger partial charge in [-0.1, -0.05) is 0 Å². The van der Waals surface area contributed by atoms with Gasteiger partial charge >= 0.3 is 5.97 Å². The minimum absolute atomic E-state index is 0.0149. The SMILES string of the molecule is COC(=O)c1scc(C)c1N1CC(CO)CC1=O. The number of amides is 1. The van der Waals surface area contributed by atoms with Crippen LogP contribution in [-0.4, -0.2) is 37.2 Å². The van der Waals surface area contributed by atoms with Gasteiger partial charge in [0, 0.05) is 25.5 Å². The summed E-state index contributed by atoms with van der Waals surface area (Å²) in [6.07, 6.45) is 0.326. The Bertz CT molecular complexity index is 482. The quantitative estimate of drug-likeness (QED) is 0.837. The second kappa shape index (κ2) is 5.07. The summed E-state index contributed by atoms with van der Waals surface area (Å²) in [6.45, 7) is 2.30. The van der Waals surface area contributed by atoms with Crippen LogP contribution in [0.25, 0.3) is 0 Å². The Labute approximate surface area is 109 Å². The molecule has 1 amide bonds. The van der Waals surface area contributed by atoms with Crippen LogP contribution in [0.1, 0.15) is 21.7 Å². The van der Waals surface area contributed by atoms with Crippen molar-refractivity contribution >= 4 is 28.9 Å². The molecule has 18 heavy (non-hydrogen) atoms. The largest absolute Gasteiger partial charge is 0.465 e. The maximum atomic E-state index is 11.9. The van der Waals surface area contributed by atoms with Crippen LogP contribution in [0.3, 0.4) is 0 Å². The van der Waals surface area contributed by atoms with E-state index >= 15 is 0 Å². The number of aryl methyl sites for hydroxylation is 1. The second-order valence-corrected chi connectivity index (χ2v) is 5.22. The van der Waals surface area contributed by atoms with E-state index in [9.17, 15) is 9.59 Å². The van der Waals surface area contributed by atoms with Gasteiger partial charge in [0.25, 0.3) is 0 Å². The van der Waals surface area contributed by atoms with E-state index in [0.29, 0.717) is 23.5 Å². The highest BCUT2D eigenvalue weighted by Crippen LogP contribution is 2.35. The monoisotopic (exact) mass is 269 g/mol. The average Bonchev–Trinajstić information content (AvgIpc) is 2.91. The predicted octanol–water partition coefficient (Wildman–Crippen LogP) is 1.19. The number of anilines is 1. The highest BCUT2D eigenvalue weighted by molar-refractivity contribution is 7.12. The van der Waals surface area contributed by atoms with Gasteiger partial charge in [0.15, 0.2) is 0 Å². The Morgan fingerprint density at radius 3 is 2.94 bits per heavy atom. The lowest BCUT2D eigenvalue weighted by atomic mass is 10.1. The van der Waals surface area contributed by atoms with Crippen LogP contribution in [-0.2, 0) is 9.53 Å². The van der Waals surface area contributed by atoms with E-state index in [4.69, 9.17) is 9.84 Å². The van der Waals surface area contributed by atoms with Crippen molar-refractivity contribution in [2.45, 2.75) is 13.3 Å². The molecule has 98 valence electrons. The Kier molecular flexibility index (Phi) is 3.68. The number of rotatable bonds is 3. The zero-order valence-corrected chi connectivity index (χ0v) is 11.1. The molecule has 1 aliphatic heterocycles. The smallest absolute Gasteiger partial charge is 0.350 e. The first-order chi connectivity index (χ1) is 8.58. The van der Waals surface area contributed by atoms with Crippen molar-refractivity contribution in [1.29, 1.82) is 0 Å². The molecule has 2 heterocycles. The first-order valence-corrected chi connectivity index (χ1v) is 6.54. The molecule has 1 aromatic rings. The Morgan fingerprint density at radius 1 is 1.67 bits per heavy atom. The summed E-state index contributed by atoms with van der Waals surface area (Å²) in [5, 5.41) is 11.0. The van der Waals surface area contributed by atoms with Crippen molar-refractivity contribution in [1.82, 2.24) is 0 Å². The van der Waals surface area contributed by atoms with Crippen LogP contribution >= 0.6 is 11.3 Å². The molecule has 0 bridgehead atoms. The number of carbonyl (C=O) groups is 2. The third-order valence-corrected chi connectivity index (χ3v) is 4.11. The topological polar surface area (TPSA) is 66.8 Å². The lowest BCUT2D eigenvalue weighted by Gasteiger charge is -2.17. The molecule has 1 fully saturated rings. The van der Waals surface area contributed by atoms with Crippen LogP contribution in [0, 0.1) is 12.8 Å². The van der Waals surface area contributed by atoms with Gasteiger partial charge < -0.3 is 14.7 Å². The molecule has 0 spiro atoms. The number of aliphatic hydroxyl groups is 1. The summed E-state index contributed by atoms with van der Waals surface area (Å²) in [4.78, 5) is 25.6. The molecule has 0 saturated carbocycles. The summed E-state index contributed by atoms with van der Waals surface area (Å²) in [6, 6.07) is 0. The number of hydrogen-bond donors (Lipinski definition) is 1. The number of thiophene rings is 1. The lowest BCUT2D eigenvalue weighted by Crippen LogP contribution is -2.26. The second-order valence-electron chi connectivity index (χ2n) is 4.35. The highest BCUT2D eigenvalue weighted by Gasteiger charge is 2.34. The summed E-state index contributed by atoms with van der Waals surface area (Å²) < 4.78 is 4.72. The highest BCUT2D eigenvalue weighted by atomic mass is 32.1. The minimum atomic E-state index is -0.427. The number of ether oxygens (including phenoxy) is 1. The minimum Gasteiger partial charge on any atom is -0.465 e. The zero-order chi connectivity index (χ0) is 13.3. The summed E-state index contributed by atoms with van der Waals surface area (Å²) >= 11 is 1.28. The molecule has 1 aromatic heterocycles. The third-order valence-electron chi connectivity index (χ3n) is 3.05. The van der Waals surface area contributed by atoms with Gasteiger partial charge in [-0.3, -0.25) is 4.79 Å². The van der Waals surface area contributed by atoms with Gasteiger partial charge in [0.05, 0.1) is 12.8 Å². The Hall–Kier alpha value is -1.40. The zero-order valence-electron chi connectivity index (χ0n) is 10.3. The molecule has 2 rings (SSSR count). The number of esters is 1. The van der Waals surface area contributed by atoms with E-state index in [1.807, 2.05) is 12.3 Å². The number of methoxy groups -OCH3 is 1. The van der Waals surface area contributed by atoms with E-state index < -0.39 is 5.97 Å². The molecule has 0 radical (unpaired) electrons. The summed E-state index contributed by atoms with van der Waals surface area (Å²) in [5.74, 6) is -0.536. The standard InChI is InChI=1S/C12H15NO4S/c1-7-6-18-11(12(16)17-2)10(7)13-4-8(5-14)3-9(13)15/h6,8,14H,3-5H2,1-2H3. The third kappa shape index (κ3) is 2.13. The van der Waals surface area contributed by atoms with Crippen molar-refractivity contribution in [2.75, 3.05) is 25.2 Å². The molecule has 5 nitrogen and oxygen atoms in total. The fraction of sp³-hybridized carbons (Fsp3) is 0.500. The van der Waals surface area contributed by atoms with Crippen molar-refractivity contribution in [2.24, 2.45) is 5.92 Å². The number of aliphatic hydroxyl groups excluding tert-OH is 1. The van der Waals surface area contributed by atoms with Crippen LogP contribution in [0.2, 0.25) is 0 Å². The van der Waals surface area contributed by atoms with Crippen LogP contribution in [0.4, 0.5) is 5.69 Å². The number of nitrogens with zero attached hydrogens (tertiary/aromatic N) is 1. The van der Waals surface area contributed by atoms with Crippen LogP contribution < -0.4 is 4.90 Å². The molecule has 1 aliphatic rings. The molecule has 0 aliphatic carbocycles. The van der Waals surface area contributed by atoms with E-state index in [2.05, 4.69) is 0 Å². The molecule has 6 heteroatoms. The Morgan fingerprint density at radius 2 is 2.39 bits per heavy atom. The summed E-state index contributed by atoms with van der Waals surface area (Å²) in [7, 11) is 1.32. The van der Waals surface area contributed by atoms with Crippen molar-refractivity contribution in [3.8, 4) is 0 Å². The van der Waals surface area contributed by atoms with E-state index in [1.54, 1.807) is 4.90 Å². The van der Waals surface area contributed by atoms with E-state index in [-0.39, 0.29) is 18.4 Å².